The number of anilines is 1. The second-order valence-corrected chi connectivity index (χ2v) is 12.7. The van der Waals surface area contributed by atoms with E-state index in [4.69, 9.17) is 30.8 Å². The molecule has 0 unspecified atom stereocenters. The molecule has 3 saturated heterocycles. The molecule has 4 aromatic rings. The Kier molecular flexibility index (Phi) is 7.08. The lowest BCUT2D eigenvalue weighted by Crippen LogP contribution is -2.47. The van der Waals surface area contributed by atoms with Gasteiger partial charge in [-0.2, -0.15) is 9.97 Å². The van der Waals surface area contributed by atoms with Gasteiger partial charge in [-0.05, 0) is 62.9 Å². The number of aliphatic hydroxyl groups excluding tert-OH is 1. The SMILES string of the molecule is C#Cc1c(F)ccc2cccc(-c3nc4c5c(nc(OC[C@@]67CCCN6[C@H](CO)CC7)nc5c3F)N3CCCOC[C@@H]3CC4)c12. The first-order chi connectivity index (χ1) is 22.0. The number of hydrogen-bond acceptors (Lipinski definition) is 8. The van der Waals surface area contributed by atoms with Crippen molar-refractivity contribution in [1.82, 2.24) is 19.9 Å². The minimum atomic E-state index is -0.617. The lowest BCUT2D eigenvalue weighted by Gasteiger charge is -2.34. The average Bonchev–Trinajstić information content (AvgIpc) is 3.48. The molecule has 6 heterocycles. The molecule has 4 aliphatic rings. The second kappa shape index (κ2) is 11.2. The summed E-state index contributed by atoms with van der Waals surface area (Å²) in [5.41, 5.74) is 1.21. The van der Waals surface area contributed by atoms with Gasteiger partial charge in [0.2, 0.25) is 0 Å². The van der Waals surface area contributed by atoms with Gasteiger partial charge in [-0.25, -0.2) is 13.8 Å². The van der Waals surface area contributed by atoms with Gasteiger partial charge in [0.25, 0.3) is 0 Å². The highest BCUT2D eigenvalue weighted by atomic mass is 19.1. The van der Waals surface area contributed by atoms with E-state index in [-0.39, 0.29) is 47.0 Å². The van der Waals surface area contributed by atoms with E-state index in [0.29, 0.717) is 66.0 Å². The fraction of sp³-hybridized carbons (Fsp3) is 0.457. The van der Waals surface area contributed by atoms with Crippen LogP contribution in [0, 0.1) is 24.0 Å². The molecule has 0 aliphatic carbocycles. The number of terminal acetylenes is 1. The Bertz CT molecular complexity index is 1860. The third-order valence-corrected chi connectivity index (χ3v) is 10.4. The predicted molar refractivity (Wildman–Crippen MR) is 167 cm³/mol. The summed E-state index contributed by atoms with van der Waals surface area (Å²) in [4.78, 5) is 19.2. The summed E-state index contributed by atoms with van der Waals surface area (Å²) >= 11 is 0. The zero-order valence-corrected chi connectivity index (χ0v) is 25.1. The quantitative estimate of drug-likeness (QED) is 0.316. The molecule has 0 bridgehead atoms. The van der Waals surface area contributed by atoms with Gasteiger partial charge in [0.05, 0.1) is 41.4 Å². The summed E-state index contributed by atoms with van der Waals surface area (Å²) in [5.74, 6) is 1.93. The van der Waals surface area contributed by atoms with Crippen molar-refractivity contribution in [2.45, 2.75) is 62.6 Å². The molecular formula is C35H35F2N5O3. The van der Waals surface area contributed by atoms with Crippen LogP contribution >= 0.6 is 0 Å². The van der Waals surface area contributed by atoms with Gasteiger partial charge < -0.3 is 19.5 Å². The predicted octanol–water partition coefficient (Wildman–Crippen LogP) is 5.01. The number of aromatic nitrogens is 3. The summed E-state index contributed by atoms with van der Waals surface area (Å²) in [6.45, 7) is 3.32. The number of hydrogen-bond donors (Lipinski definition) is 1. The van der Waals surface area contributed by atoms with Crippen LogP contribution in [0.1, 0.15) is 49.8 Å². The number of rotatable bonds is 5. The molecule has 232 valence electrons. The van der Waals surface area contributed by atoms with Crippen LogP contribution < -0.4 is 9.64 Å². The van der Waals surface area contributed by atoms with Gasteiger partial charge >= 0.3 is 6.01 Å². The fourth-order valence-electron chi connectivity index (χ4n) is 8.18. The number of halogens is 2. The summed E-state index contributed by atoms with van der Waals surface area (Å²) in [6, 6.07) is 8.63. The van der Waals surface area contributed by atoms with Crippen molar-refractivity contribution >= 4 is 27.5 Å². The molecular weight excluding hydrogens is 576 g/mol. The Hall–Kier alpha value is -3.91. The molecule has 2 aromatic carbocycles. The molecule has 0 spiro atoms. The van der Waals surface area contributed by atoms with E-state index in [1.807, 2.05) is 6.07 Å². The number of nitrogens with zero attached hydrogens (tertiary/aromatic N) is 5. The van der Waals surface area contributed by atoms with E-state index in [1.54, 1.807) is 18.2 Å². The van der Waals surface area contributed by atoms with Gasteiger partial charge in [-0.1, -0.05) is 30.2 Å². The summed E-state index contributed by atoms with van der Waals surface area (Å²) < 4.78 is 44.2. The van der Waals surface area contributed by atoms with Crippen molar-refractivity contribution in [1.29, 1.82) is 0 Å². The Balaban J connectivity index is 1.31. The molecule has 8 rings (SSSR count). The summed E-state index contributed by atoms with van der Waals surface area (Å²) in [6.07, 6.45) is 11.7. The van der Waals surface area contributed by atoms with E-state index in [1.165, 1.54) is 6.07 Å². The molecule has 0 amide bonds. The lowest BCUT2D eigenvalue weighted by molar-refractivity contribution is 0.0644. The normalized spacial score (nSPS) is 24.7. The van der Waals surface area contributed by atoms with Crippen LogP contribution in [0.15, 0.2) is 30.3 Å². The van der Waals surface area contributed by atoms with E-state index < -0.39 is 11.6 Å². The molecule has 0 radical (unpaired) electrons. The Morgan fingerprint density at radius 2 is 1.98 bits per heavy atom. The second-order valence-electron chi connectivity index (χ2n) is 12.7. The monoisotopic (exact) mass is 611 g/mol. The van der Waals surface area contributed by atoms with E-state index >= 15 is 4.39 Å². The molecule has 4 aliphatic heterocycles. The summed E-state index contributed by atoms with van der Waals surface area (Å²) in [7, 11) is 0. The number of fused-ring (bicyclic) bond motifs is 4. The van der Waals surface area contributed by atoms with Crippen molar-refractivity contribution in [2.24, 2.45) is 0 Å². The van der Waals surface area contributed by atoms with Crippen LogP contribution in [0.25, 0.3) is 32.9 Å². The maximum atomic E-state index is 17.0. The first-order valence-electron chi connectivity index (χ1n) is 15.9. The van der Waals surface area contributed by atoms with Crippen molar-refractivity contribution < 1.29 is 23.4 Å². The van der Waals surface area contributed by atoms with Gasteiger partial charge in [-0.3, -0.25) is 4.90 Å². The zero-order chi connectivity index (χ0) is 30.7. The molecule has 3 atom stereocenters. The van der Waals surface area contributed by atoms with Crippen LogP contribution in [-0.2, 0) is 11.2 Å². The Labute approximate surface area is 260 Å². The molecule has 1 N–H and O–H groups in total. The highest BCUT2D eigenvalue weighted by Crippen LogP contribution is 2.44. The van der Waals surface area contributed by atoms with Gasteiger partial charge in [-0.15, -0.1) is 6.42 Å². The van der Waals surface area contributed by atoms with Crippen LogP contribution in [0.3, 0.4) is 0 Å². The third kappa shape index (κ3) is 4.55. The van der Waals surface area contributed by atoms with Crippen molar-refractivity contribution in [2.75, 3.05) is 44.4 Å². The number of pyridine rings is 1. The van der Waals surface area contributed by atoms with Crippen LogP contribution in [0.2, 0.25) is 0 Å². The maximum absolute atomic E-state index is 17.0. The number of aliphatic hydroxyl groups is 1. The standard InChI is InChI=1S/C35H35F2N5O3/c1-2-24-26(36)10-8-21-6-3-7-25(28(21)24)31-30(37)32-29-27(38-31)11-9-23-19-44-17-5-15-41(23)33(29)40-34(39-32)45-20-35-13-4-16-42(35)22(18-43)12-14-35/h1,3,6-8,10,22-23,43H,4-5,9,11-20H2/t22-,23-,35-/m0/s1. The van der Waals surface area contributed by atoms with Crippen molar-refractivity contribution in [3.8, 4) is 29.6 Å². The van der Waals surface area contributed by atoms with Gasteiger partial charge in [0, 0.05) is 30.1 Å². The minimum absolute atomic E-state index is 0.0444. The van der Waals surface area contributed by atoms with E-state index in [0.717, 1.165) is 45.1 Å². The smallest absolute Gasteiger partial charge is 0.319 e. The van der Waals surface area contributed by atoms with Crippen LogP contribution in [0.4, 0.5) is 14.6 Å². The maximum Gasteiger partial charge on any atom is 0.319 e. The highest BCUT2D eigenvalue weighted by Gasteiger charge is 2.49. The lowest BCUT2D eigenvalue weighted by atomic mass is 9.95. The molecule has 0 saturated carbocycles. The van der Waals surface area contributed by atoms with Gasteiger partial charge in [0.15, 0.2) is 5.82 Å². The number of aryl methyl sites for hydroxylation is 1. The number of benzene rings is 2. The van der Waals surface area contributed by atoms with E-state index in [9.17, 15) is 9.50 Å². The summed E-state index contributed by atoms with van der Waals surface area (Å²) in [5, 5.41) is 11.7. The Morgan fingerprint density at radius 1 is 1.07 bits per heavy atom. The molecule has 8 nitrogen and oxygen atoms in total. The topological polar surface area (TPSA) is 83.8 Å². The van der Waals surface area contributed by atoms with Crippen molar-refractivity contribution in [3.63, 3.8) is 0 Å². The zero-order valence-electron chi connectivity index (χ0n) is 25.1. The van der Waals surface area contributed by atoms with E-state index in [2.05, 4.69) is 15.7 Å². The molecule has 2 aromatic heterocycles. The average molecular weight is 612 g/mol. The number of ether oxygens (including phenoxy) is 2. The fourth-order valence-corrected chi connectivity index (χ4v) is 8.18. The van der Waals surface area contributed by atoms with Gasteiger partial charge in [0.1, 0.15) is 29.5 Å². The largest absolute Gasteiger partial charge is 0.461 e. The molecule has 3 fully saturated rings. The Morgan fingerprint density at radius 3 is 2.84 bits per heavy atom. The first kappa shape index (κ1) is 28.6. The highest BCUT2D eigenvalue weighted by molar-refractivity contribution is 6.02. The van der Waals surface area contributed by atoms with Crippen LogP contribution in [-0.4, -0.2) is 82.1 Å². The third-order valence-electron chi connectivity index (χ3n) is 10.4. The van der Waals surface area contributed by atoms with Crippen molar-refractivity contribution in [3.05, 3.63) is 53.2 Å². The molecule has 45 heavy (non-hydrogen) atoms. The van der Waals surface area contributed by atoms with Crippen LogP contribution in [0.5, 0.6) is 6.01 Å². The minimum Gasteiger partial charge on any atom is -0.461 e. The first-order valence-corrected chi connectivity index (χ1v) is 15.9. The molecule has 10 heteroatoms.